The van der Waals surface area contributed by atoms with E-state index in [1.54, 1.807) is 39.0 Å². The van der Waals surface area contributed by atoms with Gasteiger partial charge in [-0.25, -0.2) is 18.4 Å². The van der Waals surface area contributed by atoms with Gasteiger partial charge in [-0.2, -0.15) is 0 Å². The number of aromatic nitrogens is 2. The Balaban J connectivity index is 1.99. The minimum Gasteiger partial charge on any atom is -0.263 e. The lowest BCUT2D eigenvalue weighted by Crippen LogP contribution is -2.17. The highest BCUT2D eigenvalue weighted by Crippen LogP contribution is 2.39. The molecular weight excluding hydrogens is 378 g/mol. The quantitative estimate of drug-likeness (QED) is 0.853. The van der Waals surface area contributed by atoms with Crippen LogP contribution in [0.15, 0.2) is 27.6 Å². The third kappa shape index (κ3) is 3.55. The number of anilines is 1. The van der Waals surface area contributed by atoms with E-state index in [2.05, 4.69) is 30.6 Å². The molecule has 1 fully saturated rings. The van der Waals surface area contributed by atoms with Crippen molar-refractivity contribution in [2.45, 2.75) is 44.4 Å². The van der Waals surface area contributed by atoms with Gasteiger partial charge in [0.05, 0.1) is 4.90 Å². The van der Waals surface area contributed by atoms with Crippen LogP contribution in [0.4, 0.5) is 5.82 Å². The predicted octanol–water partition coefficient (Wildman–Crippen LogP) is 3.84. The number of rotatable bonds is 4. The molecule has 0 aliphatic heterocycles. The van der Waals surface area contributed by atoms with Gasteiger partial charge in [0.15, 0.2) is 0 Å². The Morgan fingerprint density at radius 2 is 1.70 bits per heavy atom. The molecule has 1 aliphatic rings. The van der Waals surface area contributed by atoms with E-state index in [0.29, 0.717) is 33.6 Å². The van der Waals surface area contributed by atoms with Crippen LogP contribution in [0.1, 0.15) is 41.4 Å². The molecule has 1 aromatic carbocycles. The van der Waals surface area contributed by atoms with Crippen LogP contribution in [0.3, 0.4) is 0 Å². The van der Waals surface area contributed by atoms with Crippen LogP contribution in [0.25, 0.3) is 0 Å². The second-order valence-electron chi connectivity index (χ2n) is 5.97. The van der Waals surface area contributed by atoms with E-state index in [1.165, 1.54) is 0 Å². The lowest BCUT2D eigenvalue weighted by Gasteiger charge is -2.14. The minimum atomic E-state index is -3.69. The van der Waals surface area contributed by atoms with E-state index in [4.69, 9.17) is 0 Å². The number of sulfonamides is 1. The first kappa shape index (κ1) is 16.4. The van der Waals surface area contributed by atoms with Gasteiger partial charge in [-0.05, 0) is 56.9 Å². The second kappa shape index (κ2) is 5.87. The molecule has 122 valence electrons. The Kier molecular flexibility index (Phi) is 4.18. The maximum Gasteiger partial charge on any atom is 0.263 e. The van der Waals surface area contributed by atoms with E-state index >= 15 is 0 Å². The monoisotopic (exact) mass is 395 g/mol. The zero-order valence-electron chi connectivity index (χ0n) is 13.2. The van der Waals surface area contributed by atoms with Gasteiger partial charge in [0, 0.05) is 22.2 Å². The fourth-order valence-electron chi connectivity index (χ4n) is 2.74. The third-order valence-electron chi connectivity index (χ3n) is 3.79. The normalized spacial score (nSPS) is 14.8. The molecule has 0 atom stereocenters. The fourth-order valence-corrected chi connectivity index (χ4v) is 4.88. The van der Waals surface area contributed by atoms with Gasteiger partial charge < -0.3 is 0 Å². The van der Waals surface area contributed by atoms with Crippen LogP contribution in [-0.4, -0.2) is 18.4 Å². The number of aryl methyl sites for hydroxylation is 3. The zero-order valence-corrected chi connectivity index (χ0v) is 15.6. The Morgan fingerprint density at radius 1 is 1.09 bits per heavy atom. The van der Waals surface area contributed by atoms with Crippen molar-refractivity contribution < 1.29 is 8.42 Å². The van der Waals surface area contributed by atoms with Crippen molar-refractivity contribution in [2.24, 2.45) is 0 Å². The topological polar surface area (TPSA) is 72.0 Å². The Labute approximate surface area is 144 Å². The molecule has 5 nitrogen and oxygen atoms in total. The largest absolute Gasteiger partial charge is 0.263 e. The Morgan fingerprint density at radius 3 is 2.26 bits per heavy atom. The molecule has 0 saturated heterocycles. The molecule has 1 heterocycles. The smallest absolute Gasteiger partial charge is 0.263 e. The number of hydrogen-bond acceptors (Lipinski definition) is 4. The molecule has 0 unspecified atom stereocenters. The van der Waals surface area contributed by atoms with Gasteiger partial charge in [-0.3, -0.25) is 4.72 Å². The molecule has 7 heteroatoms. The van der Waals surface area contributed by atoms with Crippen molar-refractivity contribution in [1.82, 2.24) is 9.97 Å². The molecule has 0 bridgehead atoms. The van der Waals surface area contributed by atoms with Crippen LogP contribution in [-0.2, 0) is 10.0 Å². The van der Waals surface area contributed by atoms with E-state index in [0.717, 1.165) is 23.0 Å². The van der Waals surface area contributed by atoms with Gasteiger partial charge in [0.2, 0.25) is 0 Å². The average Bonchev–Trinajstić information content (AvgIpc) is 3.19. The summed E-state index contributed by atoms with van der Waals surface area (Å²) in [6, 6.07) is 5.33. The zero-order chi connectivity index (χ0) is 16.8. The molecule has 2 aromatic rings. The number of hydrogen-bond donors (Lipinski definition) is 1. The van der Waals surface area contributed by atoms with Crippen LogP contribution in [0, 0.1) is 20.8 Å². The van der Waals surface area contributed by atoms with E-state index in [9.17, 15) is 8.42 Å². The van der Waals surface area contributed by atoms with Crippen LogP contribution < -0.4 is 4.72 Å². The number of benzene rings is 1. The van der Waals surface area contributed by atoms with Crippen LogP contribution >= 0.6 is 15.9 Å². The van der Waals surface area contributed by atoms with Crippen molar-refractivity contribution >= 4 is 31.8 Å². The molecule has 23 heavy (non-hydrogen) atoms. The minimum absolute atomic E-state index is 0.296. The molecule has 1 saturated carbocycles. The highest BCUT2D eigenvalue weighted by atomic mass is 79.9. The first-order chi connectivity index (χ1) is 10.8. The molecule has 1 aliphatic carbocycles. The maximum absolute atomic E-state index is 12.8. The number of halogens is 1. The van der Waals surface area contributed by atoms with Gasteiger partial charge in [0.1, 0.15) is 11.6 Å². The third-order valence-corrected chi connectivity index (χ3v) is 5.90. The van der Waals surface area contributed by atoms with Crippen LogP contribution in [0.5, 0.6) is 0 Å². The molecule has 0 radical (unpaired) electrons. The first-order valence-corrected chi connectivity index (χ1v) is 9.69. The van der Waals surface area contributed by atoms with Crippen LogP contribution in [0.2, 0.25) is 0 Å². The lowest BCUT2D eigenvalue weighted by atomic mass is 10.2. The summed E-state index contributed by atoms with van der Waals surface area (Å²) in [5.41, 5.74) is 2.30. The fraction of sp³-hybridized carbons (Fsp3) is 0.375. The summed E-state index contributed by atoms with van der Waals surface area (Å²) in [6.07, 6.45) is 2.21. The summed E-state index contributed by atoms with van der Waals surface area (Å²) in [4.78, 5) is 8.91. The van der Waals surface area contributed by atoms with E-state index in [1.807, 2.05) is 0 Å². The molecule has 3 rings (SSSR count). The number of nitrogens with one attached hydrogen (secondary N) is 1. The van der Waals surface area contributed by atoms with Crippen molar-refractivity contribution in [3.05, 3.63) is 45.3 Å². The van der Waals surface area contributed by atoms with Gasteiger partial charge in [0.25, 0.3) is 10.0 Å². The SMILES string of the molecule is Cc1nc(NS(=O)(=O)c2c(C)cc(Br)cc2C)cc(C2CC2)n1. The lowest BCUT2D eigenvalue weighted by molar-refractivity contribution is 0.599. The summed E-state index contributed by atoms with van der Waals surface area (Å²) < 4.78 is 29.0. The highest BCUT2D eigenvalue weighted by Gasteiger charge is 2.27. The molecular formula is C16H18BrN3O2S. The first-order valence-electron chi connectivity index (χ1n) is 7.41. The Hall–Kier alpha value is -1.47. The molecule has 1 N–H and O–H groups in total. The molecule has 0 spiro atoms. The average molecular weight is 396 g/mol. The Bertz CT molecular complexity index is 854. The van der Waals surface area contributed by atoms with Gasteiger partial charge in [-0.1, -0.05) is 15.9 Å². The van der Waals surface area contributed by atoms with Crippen molar-refractivity contribution in [2.75, 3.05) is 4.72 Å². The molecule has 0 amide bonds. The van der Waals surface area contributed by atoms with Gasteiger partial charge in [-0.15, -0.1) is 0 Å². The van der Waals surface area contributed by atoms with Gasteiger partial charge >= 0.3 is 0 Å². The maximum atomic E-state index is 12.8. The van der Waals surface area contributed by atoms with Crippen molar-refractivity contribution in [3.8, 4) is 0 Å². The summed E-state index contributed by atoms with van der Waals surface area (Å²) in [5.74, 6) is 1.36. The van der Waals surface area contributed by atoms with Crippen molar-refractivity contribution in [3.63, 3.8) is 0 Å². The summed E-state index contributed by atoms with van der Waals surface area (Å²) in [7, 11) is -3.69. The number of nitrogens with zero attached hydrogens (tertiary/aromatic N) is 2. The summed E-state index contributed by atoms with van der Waals surface area (Å²) >= 11 is 3.39. The summed E-state index contributed by atoms with van der Waals surface area (Å²) in [6.45, 7) is 5.35. The highest BCUT2D eigenvalue weighted by molar-refractivity contribution is 9.10. The summed E-state index contributed by atoms with van der Waals surface area (Å²) in [5, 5.41) is 0. The van der Waals surface area contributed by atoms with E-state index < -0.39 is 10.0 Å². The predicted molar refractivity (Wildman–Crippen MR) is 93.2 cm³/mol. The molecule has 1 aromatic heterocycles. The van der Waals surface area contributed by atoms with E-state index in [-0.39, 0.29) is 0 Å². The standard InChI is InChI=1S/C16H18BrN3O2S/c1-9-6-13(17)7-10(2)16(9)23(21,22)20-15-8-14(12-4-5-12)18-11(3)19-15/h6-8,12H,4-5H2,1-3H3,(H,18,19,20). The second-order valence-corrected chi connectivity index (χ2v) is 8.51. The van der Waals surface area contributed by atoms with Crippen molar-refractivity contribution in [1.29, 1.82) is 0 Å².